The highest BCUT2D eigenvalue weighted by molar-refractivity contribution is 7.90. The maximum Gasteiger partial charge on any atom is 0.306 e. The van der Waals surface area contributed by atoms with E-state index < -0.39 is 72.8 Å². The number of fused-ring (bicyclic) bond motifs is 3. The third-order valence-corrected chi connectivity index (χ3v) is 12.3. The first kappa shape index (κ1) is 38.1. The van der Waals surface area contributed by atoms with E-state index in [0.717, 1.165) is 31.3 Å². The summed E-state index contributed by atoms with van der Waals surface area (Å²) in [5, 5.41) is 56.7. The van der Waals surface area contributed by atoms with Gasteiger partial charge >= 0.3 is 11.9 Å². The standard InChI is InChI=1S/C30H46O16S2/c1-14(2)9-22(32)40-25-24(42-48-46-44-37)23(41-47-45-43-36)20(13-31)39-28(25)38-17-10-18(27(34)35)19-7-8-30-11-16(15(3)26(30)33)5-6-21(30)29(19,4)12-17/h14,16-21,23-26,28,31,33,36-37H,3,5-13H2,1-2,4H3,(H,34,35)/t16?,17?,18?,19?,20-,21?,23-,24?,25?,26+,28?,29?,30?/m1/s1. The van der Waals surface area contributed by atoms with E-state index in [4.69, 9.17) is 33.1 Å². The van der Waals surface area contributed by atoms with Crippen molar-refractivity contribution in [2.24, 2.45) is 40.4 Å². The average Bonchev–Trinajstić information content (AvgIpc) is 3.21. The van der Waals surface area contributed by atoms with E-state index in [2.05, 4.69) is 32.2 Å². The van der Waals surface area contributed by atoms with E-state index in [0.29, 0.717) is 12.8 Å². The lowest BCUT2D eigenvalue weighted by Crippen LogP contribution is -2.63. The molecule has 0 radical (unpaired) electrons. The van der Waals surface area contributed by atoms with Crippen LogP contribution in [0, 0.1) is 40.4 Å². The molecular weight excluding hydrogens is 680 g/mol. The van der Waals surface area contributed by atoms with Crippen LogP contribution >= 0.6 is 24.6 Å². The molecule has 2 bridgehead atoms. The van der Waals surface area contributed by atoms with Crippen LogP contribution in [0.15, 0.2) is 12.2 Å². The number of carboxylic acid groups (broad SMARTS) is 1. The Bertz CT molecular complexity index is 1150. The second-order valence-electron chi connectivity index (χ2n) is 14.4. The Morgan fingerprint density at radius 1 is 1.04 bits per heavy atom. The van der Waals surface area contributed by atoms with Crippen molar-refractivity contribution in [2.75, 3.05) is 6.61 Å². The number of carboxylic acids is 1. The number of ether oxygens (including phenoxy) is 3. The molecule has 18 heteroatoms. The van der Waals surface area contributed by atoms with Crippen molar-refractivity contribution in [3.8, 4) is 0 Å². The Balaban J connectivity index is 1.46. The van der Waals surface area contributed by atoms with Crippen LogP contribution in [0.25, 0.3) is 0 Å². The highest BCUT2D eigenvalue weighted by Gasteiger charge is 2.67. The van der Waals surface area contributed by atoms with Crippen LogP contribution in [0.1, 0.15) is 72.1 Å². The molecular formula is C30H46O16S2. The first-order valence-corrected chi connectivity index (χ1v) is 17.5. The Hall–Kier alpha value is -1.10. The number of rotatable bonds is 15. The number of carbonyl (C=O) groups excluding carboxylic acids is 1. The van der Waals surface area contributed by atoms with E-state index >= 15 is 0 Å². The van der Waals surface area contributed by atoms with Gasteiger partial charge in [-0.3, -0.25) is 18.0 Å². The number of hydrogen-bond donors (Lipinski definition) is 5. The van der Waals surface area contributed by atoms with Gasteiger partial charge < -0.3 is 29.5 Å². The molecule has 10 unspecified atom stereocenters. The molecule has 5 N–H and O–H groups in total. The molecule has 16 nitrogen and oxygen atoms in total. The lowest BCUT2D eigenvalue weighted by molar-refractivity contribution is -0.436. The van der Waals surface area contributed by atoms with Crippen molar-refractivity contribution >= 4 is 36.6 Å². The Morgan fingerprint density at radius 3 is 2.35 bits per heavy atom. The second kappa shape index (κ2) is 16.1. The second-order valence-corrected chi connectivity index (χ2v) is 15.3. The fourth-order valence-electron chi connectivity index (χ4n) is 9.69. The monoisotopic (exact) mass is 726 g/mol. The third-order valence-electron chi connectivity index (χ3n) is 11.5. The van der Waals surface area contributed by atoms with Gasteiger partial charge in [0.15, 0.2) is 37.0 Å². The molecule has 48 heavy (non-hydrogen) atoms. The summed E-state index contributed by atoms with van der Waals surface area (Å²) in [4.78, 5) is 25.9. The van der Waals surface area contributed by atoms with E-state index in [1.807, 2.05) is 13.8 Å². The smallest absolute Gasteiger partial charge is 0.306 e. The number of carbonyl (C=O) groups is 2. The molecule has 1 heterocycles. The SMILES string of the molecule is C=C1C2CCC3C4(C)CC(OC5O[C@H](CO)[C@@H](OSOOO)C(OSOOO)C5OC(=O)CC(C)C)CC(C(=O)O)C4CCC3(C2)[C@H]1O. The molecule has 4 aliphatic carbocycles. The summed E-state index contributed by atoms with van der Waals surface area (Å²) >= 11 is 0.344. The largest absolute Gasteiger partial charge is 0.481 e. The van der Waals surface area contributed by atoms with Crippen molar-refractivity contribution in [1.82, 2.24) is 0 Å². The van der Waals surface area contributed by atoms with Gasteiger partial charge in [0, 0.05) is 11.8 Å². The van der Waals surface area contributed by atoms with Gasteiger partial charge in [0.1, 0.15) is 18.3 Å². The molecule has 13 atom stereocenters. The zero-order valence-corrected chi connectivity index (χ0v) is 28.7. The minimum atomic E-state index is -1.39. The van der Waals surface area contributed by atoms with Gasteiger partial charge in [-0.2, -0.15) is 0 Å². The number of aliphatic hydroxyl groups excluding tert-OH is 2. The zero-order valence-electron chi connectivity index (χ0n) is 27.0. The molecule has 0 amide bonds. The van der Waals surface area contributed by atoms with E-state index in [-0.39, 0.29) is 66.6 Å². The minimum absolute atomic E-state index is 0.0210. The summed E-state index contributed by atoms with van der Waals surface area (Å²) in [6.45, 7) is 9.34. The molecule has 1 saturated heterocycles. The fraction of sp³-hybridized carbons (Fsp3) is 0.867. The van der Waals surface area contributed by atoms with Gasteiger partial charge in [0.2, 0.25) is 0 Å². The highest BCUT2D eigenvalue weighted by Crippen LogP contribution is 2.70. The van der Waals surface area contributed by atoms with Crippen molar-refractivity contribution < 1.29 is 76.7 Å². The number of aliphatic hydroxyl groups is 2. The highest BCUT2D eigenvalue weighted by atomic mass is 32.2. The number of esters is 1. The summed E-state index contributed by atoms with van der Waals surface area (Å²) in [6.07, 6.45) is -3.32. The van der Waals surface area contributed by atoms with Crippen LogP contribution in [0.2, 0.25) is 0 Å². The number of hydrogen-bond acceptors (Lipinski definition) is 17. The Morgan fingerprint density at radius 2 is 1.73 bits per heavy atom. The van der Waals surface area contributed by atoms with Gasteiger partial charge in [0.25, 0.3) is 0 Å². The molecule has 5 rings (SSSR count). The predicted octanol–water partition coefficient (Wildman–Crippen LogP) is 4.03. The van der Waals surface area contributed by atoms with Gasteiger partial charge in [-0.25, -0.2) is 10.5 Å². The van der Waals surface area contributed by atoms with Gasteiger partial charge in [0.05, 0.1) is 24.7 Å². The maximum atomic E-state index is 13.0. The zero-order chi connectivity index (χ0) is 34.8. The lowest BCUT2D eigenvalue weighted by atomic mass is 9.43. The van der Waals surface area contributed by atoms with E-state index in [9.17, 15) is 24.9 Å². The van der Waals surface area contributed by atoms with Crippen LogP contribution < -0.4 is 0 Å². The molecule has 5 fully saturated rings. The lowest BCUT2D eigenvalue weighted by Gasteiger charge is -2.62. The van der Waals surface area contributed by atoms with Gasteiger partial charge in [-0.15, -0.1) is 8.67 Å². The first-order chi connectivity index (χ1) is 22.9. The molecule has 0 aromatic rings. The molecule has 1 aliphatic heterocycles. The van der Waals surface area contributed by atoms with E-state index in [1.165, 1.54) is 0 Å². The fourth-order valence-corrected chi connectivity index (χ4v) is 10.4. The van der Waals surface area contributed by atoms with Crippen LogP contribution in [0.4, 0.5) is 0 Å². The molecule has 274 valence electrons. The predicted molar refractivity (Wildman–Crippen MR) is 164 cm³/mol. The Kier molecular flexibility index (Phi) is 12.8. The topological polar surface area (TPSA) is 218 Å². The third kappa shape index (κ3) is 7.43. The van der Waals surface area contributed by atoms with Crippen molar-refractivity contribution in [3.05, 3.63) is 12.2 Å². The van der Waals surface area contributed by atoms with Crippen molar-refractivity contribution in [2.45, 2.75) is 115 Å². The molecule has 0 aromatic carbocycles. The van der Waals surface area contributed by atoms with Crippen molar-refractivity contribution in [1.29, 1.82) is 0 Å². The summed E-state index contributed by atoms with van der Waals surface area (Å²) < 4.78 is 38.5. The molecule has 0 aromatic heterocycles. The quantitative estimate of drug-likeness (QED) is 0.0306. The summed E-state index contributed by atoms with van der Waals surface area (Å²) in [6, 6.07) is 0. The van der Waals surface area contributed by atoms with E-state index in [1.54, 1.807) is 0 Å². The van der Waals surface area contributed by atoms with Gasteiger partial charge in [-0.1, -0.05) is 37.4 Å². The molecule has 4 saturated carbocycles. The van der Waals surface area contributed by atoms with Gasteiger partial charge in [-0.05, 0) is 79.6 Å². The number of aliphatic carboxylic acids is 1. The van der Waals surface area contributed by atoms with Crippen LogP contribution in [-0.4, -0.2) is 87.3 Å². The minimum Gasteiger partial charge on any atom is -0.481 e. The maximum absolute atomic E-state index is 13.0. The summed E-state index contributed by atoms with van der Waals surface area (Å²) in [5.74, 6) is -2.24. The van der Waals surface area contributed by atoms with Crippen LogP contribution in [0.3, 0.4) is 0 Å². The summed E-state index contributed by atoms with van der Waals surface area (Å²) in [7, 11) is 0. The molecule has 1 spiro atoms. The van der Waals surface area contributed by atoms with Crippen molar-refractivity contribution in [3.63, 3.8) is 0 Å². The first-order valence-electron chi connectivity index (χ1n) is 16.2. The van der Waals surface area contributed by atoms with Crippen LogP contribution in [-0.2, 0) is 50.9 Å². The summed E-state index contributed by atoms with van der Waals surface area (Å²) in [5.41, 5.74) is -0.0143. The molecule has 5 aliphatic rings. The average molecular weight is 727 g/mol. The normalized spacial score (nSPS) is 42.3. The van der Waals surface area contributed by atoms with Crippen LogP contribution in [0.5, 0.6) is 0 Å². The Labute approximate surface area is 287 Å².